The molecule has 0 N–H and O–H groups in total. The standard InChI is InChI=1S/C22H22FN3O3/c1-28-20-18(5-4-11-24-20)22(27)26-12-3-2-6-19(26)21-25-14-17(29-21)13-15-7-9-16(23)10-8-15/h4-5,7-11,14,19H,2-3,6,12-13H2,1H3/t19-/m1/s1. The molecule has 0 aliphatic carbocycles. The normalized spacial score (nSPS) is 16.6. The predicted octanol–water partition coefficient (Wildman–Crippen LogP) is 4.18. The quantitative estimate of drug-likeness (QED) is 0.648. The van der Waals surface area contributed by atoms with Crippen LogP contribution in [0.3, 0.4) is 0 Å². The fourth-order valence-electron chi connectivity index (χ4n) is 3.66. The van der Waals surface area contributed by atoms with Crippen molar-refractivity contribution in [2.45, 2.75) is 31.7 Å². The average molecular weight is 395 g/mol. The highest BCUT2D eigenvalue weighted by molar-refractivity contribution is 5.96. The minimum atomic E-state index is -0.269. The van der Waals surface area contributed by atoms with E-state index in [4.69, 9.17) is 9.15 Å². The van der Waals surface area contributed by atoms with E-state index in [9.17, 15) is 9.18 Å². The summed E-state index contributed by atoms with van der Waals surface area (Å²) in [4.78, 5) is 23.6. The number of benzene rings is 1. The number of piperidine rings is 1. The van der Waals surface area contributed by atoms with Gasteiger partial charge in [-0.2, -0.15) is 0 Å². The van der Waals surface area contributed by atoms with Crippen molar-refractivity contribution in [2.24, 2.45) is 0 Å². The van der Waals surface area contributed by atoms with Crippen LogP contribution in [0.25, 0.3) is 0 Å². The van der Waals surface area contributed by atoms with Gasteiger partial charge in [0.2, 0.25) is 11.8 Å². The first-order valence-electron chi connectivity index (χ1n) is 9.64. The van der Waals surface area contributed by atoms with Gasteiger partial charge in [-0.15, -0.1) is 0 Å². The third-order valence-electron chi connectivity index (χ3n) is 5.11. The molecule has 0 radical (unpaired) electrons. The van der Waals surface area contributed by atoms with Crippen molar-refractivity contribution < 1.29 is 18.3 Å². The van der Waals surface area contributed by atoms with Gasteiger partial charge in [0.25, 0.3) is 5.91 Å². The van der Waals surface area contributed by atoms with Crippen molar-refractivity contribution in [3.05, 3.63) is 77.4 Å². The lowest BCUT2D eigenvalue weighted by Crippen LogP contribution is -2.38. The summed E-state index contributed by atoms with van der Waals surface area (Å²) in [6.45, 7) is 0.622. The number of rotatable bonds is 5. The monoisotopic (exact) mass is 395 g/mol. The number of pyridine rings is 1. The molecule has 2 aromatic heterocycles. The molecule has 0 spiro atoms. The Kier molecular flexibility index (Phi) is 5.55. The van der Waals surface area contributed by atoms with Gasteiger partial charge in [0, 0.05) is 19.2 Å². The van der Waals surface area contributed by atoms with E-state index in [1.54, 1.807) is 41.6 Å². The number of aromatic nitrogens is 2. The Balaban J connectivity index is 1.55. The molecular formula is C22H22FN3O3. The number of hydrogen-bond acceptors (Lipinski definition) is 5. The maximum Gasteiger partial charge on any atom is 0.260 e. The number of amides is 1. The van der Waals surface area contributed by atoms with Crippen LogP contribution >= 0.6 is 0 Å². The smallest absolute Gasteiger partial charge is 0.260 e. The van der Waals surface area contributed by atoms with Gasteiger partial charge in [0.05, 0.1) is 13.3 Å². The zero-order chi connectivity index (χ0) is 20.2. The molecule has 1 aliphatic heterocycles. The maximum absolute atomic E-state index is 13.2. The van der Waals surface area contributed by atoms with E-state index >= 15 is 0 Å². The lowest BCUT2D eigenvalue weighted by molar-refractivity contribution is 0.0566. The first-order valence-corrected chi connectivity index (χ1v) is 9.64. The fourth-order valence-corrected chi connectivity index (χ4v) is 3.66. The highest BCUT2D eigenvalue weighted by atomic mass is 19.1. The van der Waals surface area contributed by atoms with Crippen LogP contribution in [-0.2, 0) is 6.42 Å². The van der Waals surface area contributed by atoms with E-state index in [-0.39, 0.29) is 17.8 Å². The van der Waals surface area contributed by atoms with Crippen molar-refractivity contribution in [1.29, 1.82) is 0 Å². The average Bonchev–Trinajstić information content (AvgIpc) is 3.23. The number of likely N-dealkylation sites (tertiary alicyclic amines) is 1. The number of halogens is 1. The Bertz CT molecular complexity index is 987. The second-order valence-corrected chi connectivity index (χ2v) is 7.04. The van der Waals surface area contributed by atoms with Crippen molar-refractivity contribution in [2.75, 3.05) is 13.7 Å². The predicted molar refractivity (Wildman–Crippen MR) is 104 cm³/mol. The van der Waals surface area contributed by atoms with Crippen molar-refractivity contribution in [3.8, 4) is 5.88 Å². The van der Waals surface area contributed by atoms with Gasteiger partial charge in [-0.05, 0) is 49.1 Å². The second-order valence-electron chi connectivity index (χ2n) is 7.04. The van der Waals surface area contributed by atoms with Crippen LogP contribution in [-0.4, -0.2) is 34.4 Å². The number of carbonyl (C=O) groups is 1. The summed E-state index contributed by atoms with van der Waals surface area (Å²) < 4.78 is 24.3. The van der Waals surface area contributed by atoms with E-state index in [0.717, 1.165) is 24.8 Å². The summed E-state index contributed by atoms with van der Waals surface area (Å²) in [6, 6.07) is 9.51. The Labute approximate surface area is 168 Å². The first kappa shape index (κ1) is 19.1. The Morgan fingerprint density at radius 3 is 2.86 bits per heavy atom. The Morgan fingerprint density at radius 2 is 2.07 bits per heavy atom. The van der Waals surface area contributed by atoms with E-state index in [1.807, 2.05) is 0 Å². The molecule has 4 rings (SSSR count). The lowest BCUT2D eigenvalue weighted by Gasteiger charge is -2.34. The Hall–Kier alpha value is -3.22. The summed E-state index contributed by atoms with van der Waals surface area (Å²) >= 11 is 0. The molecule has 1 aromatic carbocycles. The molecule has 1 saturated heterocycles. The molecule has 1 atom stereocenters. The minimum Gasteiger partial charge on any atom is -0.480 e. The molecule has 1 fully saturated rings. The third-order valence-corrected chi connectivity index (χ3v) is 5.11. The molecule has 3 heterocycles. The molecule has 0 saturated carbocycles. The SMILES string of the molecule is COc1ncccc1C(=O)N1CCCC[C@@H]1c1ncc(Cc2ccc(F)cc2)o1. The molecule has 6 nitrogen and oxygen atoms in total. The highest BCUT2D eigenvalue weighted by Gasteiger charge is 2.33. The molecule has 1 aliphatic rings. The molecule has 1 amide bonds. The van der Waals surface area contributed by atoms with Gasteiger partial charge >= 0.3 is 0 Å². The van der Waals surface area contributed by atoms with Crippen molar-refractivity contribution in [1.82, 2.24) is 14.9 Å². The van der Waals surface area contributed by atoms with Crippen LogP contribution in [0.5, 0.6) is 5.88 Å². The number of methoxy groups -OCH3 is 1. The highest BCUT2D eigenvalue weighted by Crippen LogP contribution is 2.33. The second kappa shape index (κ2) is 8.43. The molecule has 0 bridgehead atoms. The zero-order valence-corrected chi connectivity index (χ0v) is 16.2. The zero-order valence-electron chi connectivity index (χ0n) is 16.2. The van der Waals surface area contributed by atoms with Gasteiger partial charge < -0.3 is 14.1 Å². The summed E-state index contributed by atoms with van der Waals surface area (Å²) in [5.41, 5.74) is 1.37. The van der Waals surface area contributed by atoms with Crippen LogP contribution in [0.4, 0.5) is 4.39 Å². The van der Waals surface area contributed by atoms with Crippen LogP contribution in [0.2, 0.25) is 0 Å². The summed E-state index contributed by atoms with van der Waals surface area (Å²) in [5.74, 6) is 1.11. The van der Waals surface area contributed by atoms with Crippen molar-refractivity contribution >= 4 is 5.91 Å². The molecular weight excluding hydrogens is 373 g/mol. The van der Waals surface area contributed by atoms with Gasteiger partial charge in [0.15, 0.2) is 0 Å². The number of oxazole rings is 1. The third kappa shape index (κ3) is 4.13. The van der Waals surface area contributed by atoms with E-state index in [2.05, 4.69) is 9.97 Å². The Morgan fingerprint density at radius 1 is 1.24 bits per heavy atom. The molecule has 150 valence electrons. The van der Waals surface area contributed by atoms with Gasteiger partial charge in [0.1, 0.15) is 23.2 Å². The van der Waals surface area contributed by atoms with Gasteiger partial charge in [-0.1, -0.05) is 12.1 Å². The minimum absolute atomic E-state index is 0.141. The summed E-state index contributed by atoms with van der Waals surface area (Å²) in [6.07, 6.45) is 6.50. The number of carbonyl (C=O) groups excluding carboxylic acids is 1. The lowest BCUT2D eigenvalue weighted by atomic mass is 10.0. The van der Waals surface area contributed by atoms with Crippen molar-refractivity contribution in [3.63, 3.8) is 0 Å². The largest absolute Gasteiger partial charge is 0.480 e. The van der Waals surface area contributed by atoms with Gasteiger partial charge in [-0.3, -0.25) is 4.79 Å². The molecule has 0 unspecified atom stereocenters. The van der Waals surface area contributed by atoms with Crippen LogP contribution < -0.4 is 4.74 Å². The maximum atomic E-state index is 13.2. The number of nitrogens with zero attached hydrogens (tertiary/aromatic N) is 3. The summed E-state index contributed by atoms with van der Waals surface area (Å²) in [5, 5.41) is 0. The van der Waals surface area contributed by atoms with Gasteiger partial charge in [-0.25, -0.2) is 14.4 Å². The molecule has 3 aromatic rings. The summed E-state index contributed by atoms with van der Waals surface area (Å²) in [7, 11) is 1.50. The van der Waals surface area contributed by atoms with E-state index in [0.29, 0.717) is 36.1 Å². The van der Waals surface area contributed by atoms with E-state index < -0.39 is 0 Å². The number of hydrogen-bond donors (Lipinski definition) is 0. The van der Waals surface area contributed by atoms with Crippen LogP contribution in [0.1, 0.15) is 52.9 Å². The van der Waals surface area contributed by atoms with E-state index in [1.165, 1.54) is 19.2 Å². The molecule has 7 heteroatoms. The van der Waals surface area contributed by atoms with Crippen LogP contribution in [0, 0.1) is 5.82 Å². The number of ether oxygens (including phenoxy) is 1. The topological polar surface area (TPSA) is 68.5 Å². The fraction of sp³-hybridized carbons (Fsp3) is 0.318. The first-order chi connectivity index (χ1) is 14.2. The van der Waals surface area contributed by atoms with Crippen LogP contribution in [0.15, 0.2) is 53.2 Å². The molecule has 29 heavy (non-hydrogen) atoms.